The predicted molar refractivity (Wildman–Crippen MR) is 247 cm³/mol. The van der Waals surface area contributed by atoms with E-state index in [0.29, 0.717) is 19.3 Å². The van der Waals surface area contributed by atoms with E-state index in [2.05, 4.69) is 81.5 Å². The molecule has 1 unspecified atom stereocenters. The molecule has 6 nitrogen and oxygen atoms in total. The number of allylic oxidation sites excluding steroid dienone is 10. The molecule has 0 aromatic carbocycles. The van der Waals surface area contributed by atoms with E-state index in [1.807, 2.05) is 0 Å². The molecule has 1 atom stereocenters. The Morgan fingerprint density at radius 3 is 1.05 bits per heavy atom. The highest BCUT2D eigenvalue weighted by Gasteiger charge is 2.19. The van der Waals surface area contributed by atoms with Crippen molar-refractivity contribution < 1.29 is 28.6 Å². The third-order valence-electron chi connectivity index (χ3n) is 10.3. The van der Waals surface area contributed by atoms with Gasteiger partial charge in [-0.05, 0) is 64.2 Å². The van der Waals surface area contributed by atoms with Gasteiger partial charge in [0, 0.05) is 19.3 Å². The molecular formula is C52H90O6. The Hall–Kier alpha value is -2.89. The molecule has 0 saturated carbocycles. The molecule has 0 aliphatic carbocycles. The van der Waals surface area contributed by atoms with Crippen LogP contribution in [0.2, 0.25) is 0 Å². The second kappa shape index (κ2) is 46.8. The number of esters is 3. The standard InChI is InChI=1S/C52H90O6/c1-4-7-10-13-16-19-22-23-24-25-26-27-28-29-31-33-36-39-42-45-51(54)57-48-49(47-56-50(53)44-41-38-35-32-21-18-15-12-9-6-3)58-52(55)46-43-40-37-34-30-20-17-14-11-8-5-2/h7,10,16,19,23-24,26-27,29,31,49H,4-6,8-9,11-15,17-18,20-22,25,28,30,32-48H2,1-3H3/b10-7-,19-16-,24-23-,27-26-,31-29-. The summed E-state index contributed by atoms with van der Waals surface area (Å²) in [4.78, 5) is 37.8. The molecule has 0 amide bonds. The van der Waals surface area contributed by atoms with Crippen molar-refractivity contribution in [1.82, 2.24) is 0 Å². The molecule has 0 bridgehead atoms. The largest absolute Gasteiger partial charge is 0.462 e. The molecule has 0 fully saturated rings. The lowest BCUT2D eigenvalue weighted by molar-refractivity contribution is -0.167. The average Bonchev–Trinajstić information content (AvgIpc) is 3.22. The first-order chi connectivity index (χ1) is 28.5. The van der Waals surface area contributed by atoms with Crippen LogP contribution in [0.25, 0.3) is 0 Å². The highest BCUT2D eigenvalue weighted by Crippen LogP contribution is 2.14. The smallest absolute Gasteiger partial charge is 0.306 e. The van der Waals surface area contributed by atoms with Gasteiger partial charge in [-0.1, -0.05) is 210 Å². The van der Waals surface area contributed by atoms with Crippen LogP contribution in [0, 0.1) is 0 Å². The molecule has 0 radical (unpaired) electrons. The van der Waals surface area contributed by atoms with E-state index in [1.54, 1.807) is 0 Å². The van der Waals surface area contributed by atoms with E-state index in [9.17, 15) is 14.4 Å². The molecule has 0 heterocycles. The van der Waals surface area contributed by atoms with Crippen LogP contribution in [0.3, 0.4) is 0 Å². The molecule has 0 spiro atoms. The monoisotopic (exact) mass is 811 g/mol. The quantitative estimate of drug-likeness (QED) is 0.0264. The van der Waals surface area contributed by atoms with Crippen LogP contribution in [0.5, 0.6) is 0 Å². The molecule has 0 rings (SSSR count). The Morgan fingerprint density at radius 1 is 0.362 bits per heavy atom. The minimum Gasteiger partial charge on any atom is -0.462 e. The molecule has 6 heteroatoms. The van der Waals surface area contributed by atoms with Gasteiger partial charge < -0.3 is 14.2 Å². The number of carbonyl (C=O) groups excluding carboxylic acids is 3. The Morgan fingerprint density at radius 2 is 0.672 bits per heavy atom. The first kappa shape index (κ1) is 55.1. The first-order valence-corrected chi connectivity index (χ1v) is 24.3. The zero-order valence-corrected chi connectivity index (χ0v) is 38.0. The predicted octanol–water partition coefficient (Wildman–Crippen LogP) is 15.7. The summed E-state index contributed by atoms with van der Waals surface area (Å²) in [7, 11) is 0. The van der Waals surface area contributed by atoms with Gasteiger partial charge in [-0.25, -0.2) is 0 Å². The van der Waals surface area contributed by atoms with Gasteiger partial charge in [-0.3, -0.25) is 14.4 Å². The van der Waals surface area contributed by atoms with Gasteiger partial charge in [0.1, 0.15) is 13.2 Å². The van der Waals surface area contributed by atoms with Crippen LogP contribution in [0.15, 0.2) is 60.8 Å². The molecule has 58 heavy (non-hydrogen) atoms. The van der Waals surface area contributed by atoms with E-state index >= 15 is 0 Å². The van der Waals surface area contributed by atoms with Crippen molar-refractivity contribution in [2.75, 3.05) is 13.2 Å². The summed E-state index contributed by atoms with van der Waals surface area (Å²) in [5.74, 6) is -0.916. The summed E-state index contributed by atoms with van der Waals surface area (Å²) < 4.78 is 16.7. The van der Waals surface area contributed by atoms with E-state index in [1.165, 1.54) is 96.3 Å². The topological polar surface area (TPSA) is 78.9 Å². The number of unbranched alkanes of at least 4 members (excludes halogenated alkanes) is 22. The lowest BCUT2D eigenvalue weighted by atomic mass is 10.1. The SMILES string of the molecule is CC/C=C\C/C=C\C/C=C\C/C=C\C/C=C\CCCCCC(=O)OCC(COC(=O)CCCCCCCCCCCC)OC(=O)CCCCCCCCCCCCC. The van der Waals surface area contributed by atoms with Crippen LogP contribution in [0.1, 0.15) is 233 Å². The number of rotatable bonds is 43. The number of hydrogen-bond donors (Lipinski definition) is 0. The van der Waals surface area contributed by atoms with Crippen molar-refractivity contribution >= 4 is 17.9 Å². The lowest BCUT2D eigenvalue weighted by Crippen LogP contribution is -2.30. The van der Waals surface area contributed by atoms with Crippen molar-refractivity contribution in [2.24, 2.45) is 0 Å². The van der Waals surface area contributed by atoms with Crippen molar-refractivity contribution in [2.45, 2.75) is 239 Å². The van der Waals surface area contributed by atoms with Gasteiger partial charge in [-0.15, -0.1) is 0 Å². The van der Waals surface area contributed by atoms with E-state index in [0.717, 1.165) is 96.3 Å². The zero-order chi connectivity index (χ0) is 42.3. The Labute approximate surface area is 358 Å². The van der Waals surface area contributed by atoms with E-state index < -0.39 is 6.10 Å². The van der Waals surface area contributed by atoms with Crippen molar-refractivity contribution in [1.29, 1.82) is 0 Å². The third kappa shape index (κ3) is 44.2. The van der Waals surface area contributed by atoms with Gasteiger partial charge >= 0.3 is 17.9 Å². The van der Waals surface area contributed by atoms with Gasteiger partial charge in [0.05, 0.1) is 0 Å². The Balaban J connectivity index is 4.38. The van der Waals surface area contributed by atoms with Crippen LogP contribution in [-0.2, 0) is 28.6 Å². The minimum absolute atomic E-state index is 0.0822. The Bertz CT molecular complexity index is 1070. The molecular weight excluding hydrogens is 721 g/mol. The third-order valence-corrected chi connectivity index (χ3v) is 10.3. The van der Waals surface area contributed by atoms with Crippen LogP contribution in [-0.4, -0.2) is 37.2 Å². The molecule has 334 valence electrons. The van der Waals surface area contributed by atoms with E-state index in [-0.39, 0.29) is 31.1 Å². The minimum atomic E-state index is -0.781. The van der Waals surface area contributed by atoms with Gasteiger partial charge in [0.15, 0.2) is 6.10 Å². The van der Waals surface area contributed by atoms with Crippen molar-refractivity contribution in [3.05, 3.63) is 60.8 Å². The summed E-state index contributed by atoms with van der Waals surface area (Å²) in [6.45, 7) is 6.47. The highest BCUT2D eigenvalue weighted by atomic mass is 16.6. The second-order valence-corrected chi connectivity index (χ2v) is 16.0. The number of carbonyl (C=O) groups is 3. The van der Waals surface area contributed by atoms with E-state index in [4.69, 9.17) is 14.2 Å². The molecule has 0 aliphatic heterocycles. The van der Waals surface area contributed by atoms with Gasteiger partial charge in [0.25, 0.3) is 0 Å². The zero-order valence-electron chi connectivity index (χ0n) is 38.0. The number of ether oxygens (including phenoxy) is 3. The maximum Gasteiger partial charge on any atom is 0.306 e. The summed E-state index contributed by atoms with van der Waals surface area (Å²) in [6, 6.07) is 0. The molecule has 0 N–H and O–H groups in total. The second-order valence-electron chi connectivity index (χ2n) is 16.0. The fourth-order valence-electron chi connectivity index (χ4n) is 6.64. The normalized spacial score (nSPS) is 12.5. The molecule has 0 aromatic rings. The first-order valence-electron chi connectivity index (χ1n) is 24.3. The summed E-state index contributed by atoms with van der Waals surface area (Å²) in [5.41, 5.74) is 0. The number of hydrogen-bond acceptors (Lipinski definition) is 6. The summed E-state index contributed by atoms with van der Waals surface area (Å²) >= 11 is 0. The fourth-order valence-corrected chi connectivity index (χ4v) is 6.64. The van der Waals surface area contributed by atoms with Crippen molar-refractivity contribution in [3.63, 3.8) is 0 Å². The van der Waals surface area contributed by atoms with Crippen LogP contribution in [0.4, 0.5) is 0 Å². The Kier molecular flexibility index (Phi) is 44.5. The average molecular weight is 811 g/mol. The van der Waals surface area contributed by atoms with Crippen LogP contribution < -0.4 is 0 Å². The maximum absolute atomic E-state index is 12.7. The molecule has 0 aliphatic rings. The fraction of sp³-hybridized carbons (Fsp3) is 0.750. The molecule has 0 saturated heterocycles. The summed E-state index contributed by atoms with van der Waals surface area (Å²) in [5, 5.41) is 0. The summed E-state index contributed by atoms with van der Waals surface area (Å²) in [6.07, 6.45) is 56.3. The maximum atomic E-state index is 12.7. The lowest BCUT2D eigenvalue weighted by Gasteiger charge is -2.18. The van der Waals surface area contributed by atoms with Crippen molar-refractivity contribution in [3.8, 4) is 0 Å². The van der Waals surface area contributed by atoms with Gasteiger partial charge in [-0.2, -0.15) is 0 Å². The van der Waals surface area contributed by atoms with Crippen LogP contribution >= 0.6 is 0 Å². The molecule has 0 aromatic heterocycles. The van der Waals surface area contributed by atoms with Gasteiger partial charge in [0.2, 0.25) is 0 Å². The highest BCUT2D eigenvalue weighted by molar-refractivity contribution is 5.71.